The number of benzene rings is 3. The second kappa shape index (κ2) is 8.33. The molecule has 30 heavy (non-hydrogen) atoms. The smallest absolute Gasteiger partial charge is 0.200 e. The van der Waals surface area contributed by atoms with Gasteiger partial charge in [0.2, 0.25) is 5.43 Å². The number of halogens is 1. The summed E-state index contributed by atoms with van der Waals surface area (Å²) in [4.78, 5) is 26.2. The van der Waals surface area contributed by atoms with Gasteiger partial charge in [-0.1, -0.05) is 30.3 Å². The van der Waals surface area contributed by atoms with E-state index in [9.17, 15) is 14.0 Å². The Kier molecular flexibility index (Phi) is 5.44. The minimum Gasteiger partial charge on any atom is -0.494 e. The average molecular weight is 401 g/mol. The number of hydrogen-bond acceptors (Lipinski definition) is 3. The zero-order valence-corrected chi connectivity index (χ0v) is 16.5. The number of para-hydroxylation sites is 1. The molecule has 4 nitrogen and oxygen atoms in total. The number of rotatable bonds is 6. The van der Waals surface area contributed by atoms with Gasteiger partial charge >= 0.3 is 0 Å². The Labute approximate surface area is 173 Å². The zero-order chi connectivity index (χ0) is 21.1. The molecular weight excluding hydrogens is 381 g/mol. The normalized spacial score (nSPS) is 10.9. The van der Waals surface area contributed by atoms with E-state index in [1.54, 1.807) is 65.2 Å². The number of pyridine rings is 1. The number of carbonyl (C=O) groups is 1. The lowest BCUT2D eigenvalue weighted by atomic mass is 10.0. The van der Waals surface area contributed by atoms with Gasteiger partial charge in [0.25, 0.3) is 0 Å². The van der Waals surface area contributed by atoms with E-state index in [0.717, 1.165) is 0 Å². The van der Waals surface area contributed by atoms with Crippen molar-refractivity contribution in [3.05, 3.63) is 112 Å². The fraction of sp³-hybridized carbons (Fsp3) is 0.120. The van der Waals surface area contributed by atoms with E-state index >= 15 is 0 Å². The molecule has 0 aliphatic carbocycles. The van der Waals surface area contributed by atoms with Gasteiger partial charge in [0.15, 0.2) is 5.78 Å². The van der Waals surface area contributed by atoms with Crippen LogP contribution in [0.2, 0.25) is 0 Å². The Bertz CT molecular complexity index is 1280. The highest BCUT2D eigenvalue weighted by Crippen LogP contribution is 2.19. The van der Waals surface area contributed by atoms with Crippen molar-refractivity contribution in [1.29, 1.82) is 0 Å². The number of ether oxygens (including phenoxy) is 1. The largest absolute Gasteiger partial charge is 0.494 e. The number of ketones is 1. The summed E-state index contributed by atoms with van der Waals surface area (Å²) in [6.07, 6.45) is 1.52. The maximum absolute atomic E-state index is 14.2. The molecule has 0 N–H and O–H groups in total. The maximum atomic E-state index is 14.2. The average Bonchev–Trinajstić information content (AvgIpc) is 2.77. The molecular formula is C25H20FNO3. The summed E-state index contributed by atoms with van der Waals surface area (Å²) in [7, 11) is 0. The molecule has 0 unspecified atom stereocenters. The molecule has 0 bridgehead atoms. The van der Waals surface area contributed by atoms with Gasteiger partial charge in [0, 0.05) is 22.7 Å². The lowest BCUT2D eigenvalue weighted by Crippen LogP contribution is -2.20. The Morgan fingerprint density at radius 3 is 2.40 bits per heavy atom. The third-order valence-corrected chi connectivity index (χ3v) is 4.96. The predicted molar refractivity (Wildman–Crippen MR) is 115 cm³/mol. The molecule has 0 saturated heterocycles. The molecule has 0 atom stereocenters. The van der Waals surface area contributed by atoms with Crippen molar-refractivity contribution in [2.24, 2.45) is 0 Å². The van der Waals surface area contributed by atoms with Crippen LogP contribution in [0.5, 0.6) is 5.75 Å². The van der Waals surface area contributed by atoms with Crippen molar-refractivity contribution in [3.8, 4) is 5.75 Å². The predicted octanol–water partition coefficient (Wildman–Crippen LogP) is 4.82. The molecule has 1 heterocycles. The van der Waals surface area contributed by atoms with E-state index in [1.807, 2.05) is 13.0 Å². The lowest BCUT2D eigenvalue weighted by Gasteiger charge is -2.14. The Morgan fingerprint density at radius 2 is 1.67 bits per heavy atom. The van der Waals surface area contributed by atoms with Crippen LogP contribution in [-0.4, -0.2) is 17.0 Å². The van der Waals surface area contributed by atoms with E-state index in [1.165, 1.54) is 12.3 Å². The number of fused-ring (bicyclic) bond motifs is 1. The maximum Gasteiger partial charge on any atom is 0.200 e. The van der Waals surface area contributed by atoms with Gasteiger partial charge in [-0.2, -0.15) is 0 Å². The molecule has 0 aliphatic rings. The third kappa shape index (κ3) is 3.74. The molecule has 0 fully saturated rings. The second-order valence-electron chi connectivity index (χ2n) is 6.89. The van der Waals surface area contributed by atoms with E-state index < -0.39 is 0 Å². The molecule has 5 heteroatoms. The van der Waals surface area contributed by atoms with E-state index in [2.05, 4.69) is 0 Å². The van der Waals surface area contributed by atoms with Crippen LogP contribution in [0.25, 0.3) is 10.9 Å². The van der Waals surface area contributed by atoms with E-state index in [0.29, 0.717) is 34.4 Å². The summed E-state index contributed by atoms with van der Waals surface area (Å²) in [5.74, 6) is -0.0553. The first-order chi connectivity index (χ1) is 14.6. The van der Waals surface area contributed by atoms with Gasteiger partial charge in [-0.3, -0.25) is 9.59 Å². The molecule has 150 valence electrons. The molecule has 0 amide bonds. The van der Waals surface area contributed by atoms with Crippen molar-refractivity contribution < 1.29 is 13.9 Å². The van der Waals surface area contributed by atoms with Crippen LogP contribution in [0.3, 0.4) is 0 Å². The number of aromatic nitrogens is 1. The molecule has 3 aromatic carbocycles. The quantitative estimate of drug-likeness (QED) is 0.435. The summed E-state index contributed by atoms with van der Waals surface area (Å²) in [5.41, 5.74) is 1.23. The molecule has 0 radical (unpaired) electrons. The first kappa shape index (κ1) is 19.6. The van der Waals surface area contributed by atoms with E-state index in [4.69, 9.17) is 4.74 Å². The number of carbonyl (C=O) groups excluding carboxylic acids is 1. The van der Waals surface area contributed by atoms with Crippen molar-refractivity contribution in [3.63, 3.8) is 0 Å². The molecule has 0 spiro atoms. The minimum atomic E-state index is -0.379. The van der Waals surface area contributed by atoms with Crippen LogP contribution >= 0.6 is 0 Å². The highest BCUT2D eigenvalue weighted by molar-refractivity contribution is 6.10. The van der Waals surface area contributed by atoms with Crippen LogP contribution in [0.15, 0.2) is 83.8 Å². The van der Waals surface area contributed by atoms with Crippen LogP contribution in [-0.2, 0) is 6.54 Å². The topological polar surface area (TPSA) is 48.3 Å². The van der Waals surface area contributed by atoms with Gasteiger partial charge in [0.05, 0.1) is 24.2 Å². The van der Waals surface area contributed by atoms with Gasteiger partial charge in [-0.15, -0.1) is 0 Å². The van der Waals surface area contributed by atoms with Crippen LogP contribution in [0, 0.1) is 5.82 Å². The summed E-state index contributed by atoms with van der Waals surface area (Å²) < 4.78 is 21.4. The first-order valence-corrected chi connectivity index (χ1v) is 9.71. The fourth-order valence-corrected chi connectivity index (χ4v) is 3.47. The fourth-order valence-electron chi connectivity index (χ4n) is 3.47. The van der Waals surface area contributed by atoms with Crippen molar-refractivity contribution in [1.82, 2.24) is 4.57 Å². The van der Waals surface area contributed by atoms with Gasteiger partial charge in [0.1, 0.15) is 11.6 Å². The van der Waals surface area contributed by atoms with E-state index in [-0.39, 0.29) is 29.1 Å². The molecule has 4 rings (SSSR count). The number of nitrogens with zero attached hydrogens (tertiary/aromatic N) is 1. The third-order valence-electron chi connectivity index (χ3n) is 4.96. The van der Waals surface area contributed by atoms with Crippen LogP contribution in [0.1, 0.15) is 28.4 Å². The van der Waals surface area contributed by atoms with Crippen molar-refractivity contribution >= 4 is 16.7 Å². The summed E-state index contributed by atoms with van der Waals surface area (Å²) in [5, 5.41) is 0.422. The molecule has 0 saturated carbocycles. The molecule has 0 aliphatic heterocycles. The standard InChI is InChI=1S/C25H20FNO3/c1-2-30-19-13-11-17(12-14-19)24(28)21-16-27(15-18-7-3-5-9-22(18)26)23-10-6-4-8-20(23)25(21)29/h3-14,16H,2,15H2,1H3. The zero-order valence-electron chi connectivity index (χ0n) is 16.5. The van der Waals surface area contributed by atoms with Gasteiger partial charge in [-0.25, -0.2) is 4.39 Å². The molecule has 1 aromatic heterocycles. The van der Waals surface area contributed by atoms with Crippen molar-refractivity contribution in [2.75, 3.05) is 6.61 Å². The van der Waals surface area contributed by atoms with Crippen molar-refractivity contribution in [2.45, 2.75) is 13.5 Å². The Balaban J connectivity index is 1.82. The minimum absolute atomic E-state index is 0.0502. The second-order valence-corrected chi connectivity index (χ2v) is 6.89. The number of hydrogen-bond donors (Lipinski definition) is 0. The SMILES string of the molecule is CCOc1ccc(C(=O)c2cn(Cc3ccccc3F)c3ccccc3c2=O)cc1. The van der Waals surface area contributed by atoms with Crippen LogP contribution < -0.4 is 10.2 Å². The van der Waals surface area contributed by atoms with Crippen LogP contribution in [0.4, 0.5) is 4.39 Å². The Morgan fingerprint density at radius 1 is 0.967 bits per heavy atom. The highest BCUT2D eigenvalue weighted by atomic mass is 19.1. The Hall–Kier alpha value is -3.73. The monoisotopic (exact) mass is 401 g/mol. The highest BCUT2D eigenvalue weighted by Gasteiger charge is 2.18. The summed E-state index contributed by atoms with van der Waals surface area (Å²) >= 11 is 0. The first-order valence-electron chi connectivity index (χ1n) is 9.71. The summed E-state index contributed by atoms with van der Waals surface area (Å²) in [6, 6.07) is 20.2. The van der Waals surface area contributed by atoms with Gasteiger partial charge < -0.3 is 9.30 Å². The lowest BCUT2D eigenvalue weighted by molar-refractivity contribution is 0.103. The van der Waals surface area contributed by atoms with Gasteiger partial charge in [-0.05, 0) is 49.4 Å². The molecule has 4 aromatic rings. The summed E-state index contributed by atoms with van der Waals surface area (Å²) in [6.45, 7) is 2.61.